The third-order valence-electron chi connectivity index (χ3n) is 6.96. The molecule has 1 atom stereocenters. The van der Waals surface area contributed by atoms with E-state index in [9.17, 15) is 9.35 Å². The van der Waals surface area contributed by atoms with Crippen LogP contribution in [-0.4, -0.2) is 68.3 Å². The number of nitrogens with zero attached hydrogens (tertiary/aromatic N) is 5. The maximum absolute atomic E-state index is 12.7. The molecule has 4 rings (SSSR count). The highest BCUT2D eigenvalue weighted by atomic mass is 32.2. The predicted octanol–water partition coefficient (Wildman–Crippen LogP) is 6.43. The number of methoxy groups -OCH3 is 1. The molecule has 4 aromatic heterocycles. The van der Waals surface area contributed by atoms with E-state index in [4.69, 9.17) is 24.2 Å². The Morgan fingerprint density at radius 2 is 1.86 bits per heavy atom. The van der Waals surface area contributed by atoms with Crippen LogP contribution in [0.4, 0.5) is 0 Å². The van der Waals surface area contributed by atoms with Crippen molar-refractivity contribution in [2.24, 2.45) is 4.40 Å². The molecule has 0 aliphatic rings. The molecular weight excluding hydrogens is 583 g/mol. The summed E-state index contributed by atoms with van der Waals surface area (Å²) >= 11 is -1.41. The quantitative estimate of drug-likeness (QED) is 0.0620. The van der Waals surface area contributed by atoms with Gasteiger partial charge in [-0.2, -0.15) is 0 Å². The fourth-order valence-corrected chi connectivity index (χ4v) is 5.87. The minimum Gasteiger partial charge on any atom is -0.591 e. The molecule has 12 heteroatoms. The van der Waals surface area contributed by atoms with Crippen molar-refractivity contribution in [2.75, 3.05) is 20.3 Å². The second-order valence-corrected chi connectivity index (χ2v) is 20.2. The smallest absolute Gasteiger partial charge is 0.338 e. The molecule has 4 aromatic rings. The average molecular weight is 626 g/mol. The number of imidazole rings is 1. The molecule has 0 spiro atoms. The van der Waals surface area contributed by atoms with Crippen LogP contribution in [-0.2, 0) is 27.6 Å². The van der Waals surface area contributed by atoms with Gasteiger partial charge < -0.3 is 18.8 Å². The first-order valence-corrected chi connectivity index (χ1v) is 19.3. The fraction of sp³-hybridized carbons (Fsp3) is 0.484. The SMILES string of the molecule is CCOC(=O)c1cc(OC)n2c(C)c(-c3cc4ccc(C(C)=N[S+]([O-])C(C)(C)C)nc4n3COCC[Si](C)(C)C)nc2c1. The third kappa shape index (κ3) is 7.31. The number of pyridine rings is 2. The molecule has 43 heavy (non-hydrogen) atoms. The second kappa shape index (κ2) is 12.8. The summed E-state index contributed by atoms with van der Waals surface area (Å²) in [5.41, 5.74) is 5.27. The van der Waals surface area contributed by atoms with Crippen LogP contribution in [0.5, 0.6) is 5.88 Å². The standard InChI is InChI=1S/C31H43N5O5SSi/c1-11-41-30(37)23-17-26-33-28(21(3)36(26)27(18-23)39-7)25-16-22-12-13-24(20(2)34-42(38)31(4,5)6)32-29(22)35(25)19-40-14-15-43(8,9)10/h12-13,16-18H,11,14-15,19H2,1-10H3. The van der Waals surface area contributed by atoms with Gasteiger partial charge in [0.15, 0.2) is 5.88 Å². The Bertz CT molecular complexity index is 1670. The molecule has 232 valence electrons. The normalized spacial score (nSPS) is 13.6. The number of carbonyl (C=O) groups excluding carboxylic acids is 1. The summed E-state index contributed by atoms with van der Waals surface area (Å²) in [4.78, 5) is 22.5. The zero-order valence-corrected chi connectivity index (χ0v) is 28.7. The van der Waals surface area contributed by atoms with Gasteiger partial charge in [0.2, 0.25) is 0 Å². The lowest BCUT2D eigenvalue weighted by atomic mass is 10.2. The third-order valence-corrected chi connectivity index (χ3v) is 10.1. The van der Waals surface area contributed by atoms with Gasteiger partial charge in [0.25, 0.3) is 0 Å². The van der Waals surface area contributed by atoms with Crippen molar-refractivity contribution in [2.45, 2.75) is 78.7 Å². The Hall–Kier alpha value is -3.19. The number of esters is 1. The van der Waals surface area contributed by atoms with Crippen LogP contribution in [0.25, 0.3) is 28.1 Å². The Morgan fingerprint density at radius 3 is 2.49 bits per heavy atom. The van der Waals surface area contributed by atoms with Crippen molar-refractivity contribution < 1.29 is 23.6 Å². The average Bonchev–Trinajstić information content (AvgIpc) is 3.46. The molecule has 0 aliphatic carbocycles. The molecule has 10 nitrogen and oxygen atoms in total. The molecule has 0 N–H and O–H groups in total. The highest BCUT2D eigenvalue weighted by Crippen LogP contribution is 2.33. The van der Waals surface area contributed by atoms with Crippen LogP contribution in [0.2, 0.25) is 25.7 Å². The number of fused-ring (bicyclic) bond motifs is 2. The van der Waals surface area contributed by atoms with E-state index in [0.717, 1.165) is 22.8 Å². The summed E-state index contributed by atoms with van der Waals surface area (Å²) in [5, 5.41) is 0.910. The second-order valence-electron chi connectivity index (χ2n) is 12.7. The highest BCUT2D eigenvalue weighted by molar-refractivity contribution is 7.91. The molecule has 0 fully saturated rings. The van der Waals surface area contributed by atoms with E-state index in [2.05, 4.69) is 24.0 Å². The van der Waals surface area contributed by atoms with E-state index in [1.54, 1.807) is 26.2 Å². The minimum absolute atomic E-state index is 0.272. The zero-order chi connectivity index (χ0) is 31.7. The molecule has 0 aliphatic heterocycles. The number of carbonyl (C=O) groups is 1. The predicted molar refractivity (Wildman–Crippen MR) is 175 cm³/mol. The van der Waals surface area contributed by atoms with Crippen LogP contribution in [0, 0.1) is 6.92 Å². The first kappa shape index (κ1) is 32.7. The largest absolute Gasteiger partial charge is 0.591 e. The van der Waals surface area contributed by atoms with Crippen LogP contribution < -0.4 is 4.74 Å². The summed E-state index contributed by atoms with van der Waals surface area (Å²) in [6, 6.07) is 10.3. The van der Waals surface area contributed by atoms with Crippen molar-refractivity contribution in [1.29, 1.82) is 0 Å². The molecule has 0 aromatic carbocycles. The van der Waals surface area contributed by atoms with Crippen molar-refractivity contribution >= 4 is 47.8 Å². The Morgan fingerprint density at radius 1 is 1.14 bits per heavy atom. The lowest BCUT2D eigenvalue weighted by Gasteiger charge is -2.18. The summed E-state index contributed by atoms with van der Waals surface area (Å²) in [7, 11) is 0.274. The number of ether oxygens (including phenoxy) is 3. The van der Waals surface area contributed by atoms with Crippen LogP contribution >= 0.6 is 0 Å². The van der Waals surface area contributed by atoms with Gasteiger partial charge >= 0.3 is 5.97 Å². The van der Waals surface area contributed by atoms with Crippen LogP contribution in [0.1, 0.15) is 56.4 Å². The van der Waals surface area contributed by atoms with E-state index in [-0.39, 0.29) is 13.3 Å². The molecule has 0 saturated carbocycles. The van der Waals surface area contributed by atoms with Gasteiger partial charge in [-0.1, -0.05) is 24.0 Å². The Balaban J connectivity index is 1.87. The number of hydrogen-bond donors (Lipinski definition) is 0. The maximum atomic E-state index is 12.7. The number of aromatic nitrogens is 4. The molecule has 1 unspecified atom stereocenters. The van der Waals surface area contributed by atoms with Crippen LogP contribution in [0.15, 0.2) is 34.7 Å². The van der Waals surface area contributed by atoms with E-state index < -0.39 is 30.2 Å². The molecular formula is C31H43N5O5SSi. The Labute approximate surface area is 257 Å². The van der Waals surface area contributed by atoms with Crippen LogP contribution in [0.3, 0.4) is 0 Å². The molecule has 0 radical (unpaired) electrons. The molecule has 0 bridgehead atoms. The lowest BCUT2D eigenvalue weighted by molar-refractivity contribution is 0.0525. The molecule has 0 saturated heterocycles. The lowest BCUT2D eigenvalue weighted by Crippen LogP contribution is -2.26. The van der Waals surface area contributed by atoms with Gasteiger partial charge in [0.05, 0.1) is 36.4 Å². The summed E-state index contributed by atoms with van der Waals surface area (Å²) in [6.45, 7) is 19.4. The first-order valence-electron chi connectivity index (χ1n) is 14.4. The van der Waals surface area contributed by atoms with Gasteiger partial charge in [-0.05, 0) is 71.9 Å². The zero-order valence-electron chi connectivity index (χ0n) is 26.9. The first-order chi connectivity index (χ1) is 20.1. The molecule has 4 heterocycles. The minimum atomic E-state index is -1.41. The number of rotatable bonds is 11. The van der Waals surface area contributed by atoms with E-state index in [1.807, 2.05) is 61.8 Å². The fourth-order valence-electron chi connectivity index (χ4n) is 4.50. The maximum Gasteiger partial charge on any atom is 0.338 e. The molecule has 0 amide bonds. The summed E-state index contributed by atoms with van der Waals surface area (Å²) in [6.07, 6.45) is 0. The van der Waals surface area contributed by atoms with E-state index >= 15 is 0 Å². The number of hydrogen-bond acceptors (Lipinski definition) is 8. The van der Waals surface area contributed by atoms with Gasteiger partial charge in [-0.3, -0.25) is 8.97 Å². The Kier molecular flexibility index (Phi) is 9.75. The van der Waals surface area contributed by atoms with E-state index in [1.165, 1.54) is 0 Å². The van der Waals surface area contributed by atoms with Gasteiger partial charge in [-0.15, -0.1) is 0 Å². The van der Waals surface area contributed by atoms with E-state index in [0.29, 0.717) is 46.4 Å². The van der Waals surface area contributed by atoms with Gasteiger partial charge in [-0.25, -0.2) is 14.8 Å². The number of aryl methyl sites for hydroxylation is 1. The van der Waals surface area contributed by atoms with Gasteiger partial charge in [0, 0.05) is 26.1 Å². The van der Waals surface area contributed by atoms with Crippen molar-refractivity contribution in [1.82, 2.24) is 18.9 Å². The highest BCUT2D eigenvalue weighted by Gasteiger charge is 2.27. The monoisotopic (exact) mass is 625 g/mol. The van der Waals surface area contributed by atoms with Crippen molar-refractivity contribution in [3.05, 3.63) is 47.3 Å². The van der Waals surface area contributed by atoms with Crippen molar-refractivity contribution in [3.8, 4) is 17.3 Å². The topological polar surface area (TPSA) is 115 Å². The summed E-state index contributed by atoms with van der Waals surface area (Å²) < 4.78 is 37.7. The summed E-state index contributed by atoms with van der Waals surface area (Å²) in [5.74, 6) is 0.0431. The van der Waals surface area contributed by atoms with Crippen molar-refractivity contribution in [3.63, 3.8) is 0 Å². The van der Waals surface area contributed by atoms with Gasteiger partial charge in [0.1, 0.15) is 45.5 Å².